The molecule has 3 heterocycles. The van der Waals surface area contributed by atoms with Crippen molar-refractivity contribution in [1.82, 2.24) is 24.9 Å². The molecule has 0 N–H and O–H groups in total. The van der Waals surface area contributed by atoms with Crippen LogP contribution in [0.5, 0.6) is 23.7 Å². The molecule has 0 spiro atoms. The molecule has 0 aliphatic carbocycles. The Labute approximate surface area is 172 Å². The third kappa shape index (κ3) is 4.37. The number of benzene rings is 1. The average molecular weight is 412 g/mol. The normalized spacial score (nSPS) is 15.9. The molecule has 9 nitrogen and oxygen atoms in total. The lowest BCUT2D eigenvalue weighted by Crippen LogP contribution is -2.23. The second-order valence-corrected chi connectivity index (χ2v) is 6.80. The summed E-state index contributed by atoms with van der Waals surface area (Å²) >= 11 is 0. The van der Waals surface area contributed by atoms with Gasteiger partial charge in [0.2, 0.25) is 11.8 Å². The SMILES string of the molecule is COc1nc(OC)nc(N2CCC(c3nc(C)cc(Oc4ccc(F)cc4)n3)C2)n1. The summed E-state index contributed by atoms with van der Waals surface area (Å²) in [5.74, 6) is 1.86. The van der Waals surface area contributed by atoms with Crippen molar-refractivity contribution in [2.45, 2.75) is 19.3 Å². The van der Waals surface area contributed by atoms with E-state index in [-0.39, 0.29) is 23.8 Å². The van der Waals surface area contributed by atoms with E-state index in [0.717, 1.165) is 18.7 Å². The van der Waals surface area contributed by atoms with Crippen LogP contribution >= 0.6 is 0 Å². The van der Waals surface area contributed by atoms with E-state index in [0.29, 0.717) is 29.9 Å². The summed E-state index contributed by atoms with van der Waals surface area (Å²) in [5.41, 5.74) is 0.791. The van der Waals surface area contributed by atoms with E-state index in [9.17, 15) is 4.39 Å². The monoisotopic (exact) mass is 412 g/mol. The van der Waals surface area contributed by atoms with Crippen molar-refractivity contribution in [3.05, 3.63) is 47.7 Å². The van der Waals surface area contributed by atoms with Gasteiger partial charge in [-0.3, -0.25) is 0 Å². The van der Waals surface area contributed by atoms with E-state index in [1.165, 1.54) is 26.4 Å². The number of aromatic nitrogens is 5. The van der Waals surface area contributed by atoms with Gasteiger partial charge < -0.3 is 19.1 Å². The first-order chi connectivity index (χ1) is 14.5. The third-order valence-corrected chi connectivity index (χ3v) is 4.67. The minimum Gasteiger partial charge on any atom is -0.467 e. The largest absolute Gasteiger partial charge is 0.467 e. The standard InChI is InChI=1S/C20H21FN6O3/c1-12-10-16(30-15-6-4-14(21)5-7-15)23-17(22-12)13-8-9-27(11-13)18-24-19(28-2)26-20(25-18)29-3/h4-7,10,13H,8-9,11H2,1-3H3. The zero-order valence-corrected chi connectivity index (χ0v) is 16.9. The van der Waals surface area contributed by atoms with Crippen molar-refractivity contribution in [2.24, 2.45) is 0 Å². The molecule has 10 heteroatoms. The van der Waals surface area contributed by atoms with E-state index >= 15 is 0 Å². The van der Waals surface area contributed by atoms with Gasteiger partial charge in [0.1, 0.15) is 17.4 Å². The number of hydrogen-bond donors (Lipinski definition) is 0. The first kappa shape index (κ1) is 19.7. The first-order valence-electron chi connectivity index (χ1n) is 9.42. The molecule has 1 fully saturated rings. The van der Waals surface area contributed by atoms with Gasteiger partial charge >= 0.3 is 12.0 Å². The molecule has 156 valence electrons. The van der Waals surface area contributed by atoms with Gasteiger partial charge in [0.15, 0.2) is 0 Å². The molecule has 1 atom stereocenters. The average Bonchev–Trinajstić information content (AvgIpc) is 3.25. The van der Waals surface area contributed by atoms with Crippen molar-refractivity contribution >= 4 is 5.95 Å². The van der Waals surface area contributed by atoms with Gasteiger partial charge in [0, 0.05) is 30.8 Å². The Kier molecular flexibility index (Phi) is 5.55. The molecular formula is C20H21FN6O3. The van der Waals surface area contributed by atoms with Crippen molar-refractivity contribution in [3.63, 3.8) is 0 Å². The van der Waals surface area contributed by atoms with Crippen LogP contribution in [0, 0.1) is 12.7 Å². The number of ether oxygens (including phenoxy) is 3. The quantitative estimate of drug-likeness (QED) is 0.605. The van der Waals surface area contributed by atoms with E-state index in [4.69, 9.17) is 14.2 Å². The van der Waals surface area contributed by atoms with E-state index in [1.807, 2.05) is 11.8 Å². The third-order valence-electron chi connectivity index (χ3n) is 4.67. The molecule has 1 aromatic carbocycles. The molecular weight excluding hydrogens is 391 g/mol. The van der Waals surface area contributed by atoms with Gasteiger partial charge in [-0.15, -0.1) is 4.98 Å². The maximum absolute atomic E-state index is 13.1. The van der Waals surface area contributed by atoms with Crippen LogP contribution in [0.3, 0.4) is 0 Å². The smallest absolute Gasteiger partial charge is 0.324 e. The second-order valence-electron chi connectivity index (χ2n) is 6.80. The summed E-state index contributed by atoms with van der Waals surface area (Å²) in [4.78, 5) is 23.8. The molecule has 1 unspecified atom stereocenters. The highest BCUT2D eigenvalue weighted by Crippen LogP contribution is 2.30. The molecule has 0 saturated carbocycles. The molecule has 1 saturated heterocycles. The number of aryl methyl sites for hydroxylation is 1. The van der Waals surface area contributed by atoms with Crippen LogP contribution in [0.4, 0.5) is 10.3 Å². The lowest BCUT2D eigenvalue weighted by molar-refractivity contribution is 0.340. The van der Waals surface area contributed by atoms with Crippen LogP contribution in [0.25, 0.3) is 0 Å². The lowest BCUT2D eigenvalue weighted by atomic mass is 10.1. The van der Waals surface area contributed by atoms with Crippen molar-refractivity contribution in [3.8, 4) is 23.7 Å². The van der Waals surface area contributed by atoms with Crippen molar-refractivity contribution in [1.29, 1.82) is 0 Å². The van der Waals surface area contributed by atoms with Crippen molar-refractivity contribution in [2.75, 3.05) is 32.2 Å². The predicted molar refractivity (Wildman–Crippen MR) is 106 cm³/mol. The minimum absolute atomic E-state index is 0.0780. The Balaban J connectivity index is 1.52. The van der Waals surface area contributed by atoms with E-state index in [1.54, 1.807) is 18.2 Å². The summed E-state index contributed by atoms with van der Waals surface area (Å²) in [6.45, 7) is 3.25. The van der Waals surface area contributed by atoms with E-state index in [2.05, 4.69) is 24.9 Å². The second kappa shape index (κ2) is 8.44. The molecule has 1 aliphatic heterocycles. The maximum atomic E-state index is 13.1. The van der Waals surface area contributed by atoms with Crippen LogP contribution < -0.4 is 19.1 Å². The Morgan fingerprint density at radius 3 is 2.33 bits per heavy atom. The summed E-state index contributed by atoms with van der Waals surface area (Å²) in [7, 11) is 2.99. The zero-order valence-electron chi connectivity index (χ0n) is 16.9. The number of halogens is 1. The highest BCUT2D eigenvalue weighted by molar-refractivity contribution is 5.36. The topological polar surface area (TPSA) is 95.4 Å². The number of hydrogen-bond acceptors (Lipinski definition) is 9. The molecule has 2 aromatic heterocycles. The molecule has 3 aromatic rings. The Morgan fingerprint density at radius 2 is 1.67 bits per heavy atom. The van der Waals surface area contributed by atoms with Crippen LogP contribution in [-0.4, -0.2) is 52.2 Å². The summed E-state index contributed by atoms with van der Waals surface area (Å²) in [6.07, 6.45) is 0.829. The van der Waals surface area contributed by atoms with Gasteiger partial charge in [-0.1, -0.05) is 0 Å². The summed E-state index contributed by atoms with van der Waals surface area (Å²) < 4.78 is 29.2. The number of anilines is 1. The molecule has 0 amide bonds. The number of methoxy groups -OCH3 is 2. The Bertz CT molecular complexity index is 1010. The van der Waals surface area contributed by atoms with Crippen LogP contribution in [0.15, 0.2) is 30.3 Å². The molecule has 1 aliphatic rings. The first-order valence-corrected chi connectivity index (χ1v) is 9.42. The van der Waals surface area contributed by atoms with Gasteiger partial charge in [-0.25, -0.2) is 9.37 Å². The number of nitrogens with zero attached hydrogens (tertiary/aromatic N) is 6. The molecule has 4 rings (SSSR count). The summed E-state index contributed by atoms with van der Waals surface area (Å²) in [6, 6.07) is 7.95. The van der Waals surface area contributed by atoms with Gasteiger partial charge in [-0.05, 0) is 37.6 Å². The van der Waals surface area contributed by atoms with Gasteiger partial charge in [-0.2, -0.15) is 15.0 Å². The predicted octanol–water partition coefficient (Wildman–Crippen LogP) is 2.91. The van der Waals surface area contributed by atoms with Gasteiger partial charge in [0.25, 0.3) is 0 Å². The van der Waals surface area contributed by atoms with Crippen molar-refractivity contribution < 1.29 is 18.6 Å². The minimum atomic E-state index is -0.320. The fourth-order valence-corrected chi connectivity index (χ4v) is 3.22. The van der Waals surface area contributed by atoms with E-state index < -0.39 is 0 Å². The maximum Gasteiger partial charge on any atom is 0.324 e. The van der Waals surface area contributed by atoms with Crippen LogP contribution in [0.2, 0.25) is 0 Å². The molecule has 30 heavy (non-hydrogen) atoms. The highest BCUT2D eigenvalue weighted by Gasteiger charge is 2.29. The van der Waals surface area contributed by atoms with Gasteiger partial charge in [0.05, 0.1) is 14.2 Å². The molecule has 0 bridgehead atoms. The van der Waals surface area contributed by atoms with Crippen LogP contribution in [0.1, 0.15) is 23.9 Å². The Morgan fingerprint density at radius 1 is 0.967 bits per heavy atom. The summed E-state index contributed by atoms with van der Waals surface area (Å²) in [5, 5.41) is 0. The lowest BCUT2D eigenvalue weighted by Gasteiger charge is -2.17. The Hall–Kier alpha value is -3.56. The van der Waals surface area contributed by atoms with Crippen LogP contribution in [-0.2, 0) is 0 Å². The number of rotatable bonds is 6. The molecule has 0 radical (unpaired) electrons. The zero-order chi connectivity index (χ0) is 21.1. The fourth-order valence-electron chi connectivity index (χ4n) is 3.22. The fraction of sp³-hybridized carbons (Fsp3) is 0.350. The highest BCUT2D eigenvalue weighted by atomic mass is 19.1.